The summed E-state index contributed by atoms with van der Waals surface area (Å²) in [5, 5.41) is 0. The first-order valence-corrected chi connectivity index (χ1v) is 11.1. The van der Waals surface area contributed by atoms with Crippen molar-refractivity contribution in [2.24, 2.45) is 5.41 Å². The molecule has 158 valence electrons. The van der Waals surface area contributed by atoms with Crippen molar-refractivity contribution >= 4 is 8.60 Å². The van der Waals surface area contributed by atoms with E-state index in [9.17, 15) is 0 Å². The van der Waals surface area contributed by atoms with Crippen molar-refractivity contribution in [3.8, 4) is 11.5 Å². The summed E-state index contributed by atoms with van der Waals surface area (Å²) in [5.41, 5.74) is 2.07. The first-order valence-electron chi connectivity index (χ1n) is 9.96. The number of allylic oxidation sites excluding steroid dienone is 4. The number of benzene rings is 2. The minimum atomic E-state index is -1.71. The van der Waals surface area contributed by atoms with Crippen LogP contribution in [0.15, 0.2) is 95.5 Å². The van der Waals surface area contributed by atoms with Crippen LogP contribution >= 0.6 is 8.60 Å². The van der Waals surface area contributed by atoms with Gasteiger partial charge in [-0.3, -0.25) is 0 Å². The molecular weight excluding hydrogens is 395 g/mol. The molecule has 0 heterocycles. The van der Waals surface area contributed by atoms with E-state index in [1.54, 1.807) is 7.11 Å². The van der Waals surface area contributed by atoms with Gasteiger partial charge in [0.05, 0.1) is 7.11 Å². The molecule has 0 atom stereocenters. The summed E-state index contributed by atoms with van der Waals surface area (Å²) in [4.78, 5) is 0. The highest BCUT2D eigenvalue weighted by molar-refractivity contribution is 7.42. The average Bonchev–Trinajstić information content (AvgIpc) is 2.87. The van der Waals surface area contributed by atoms with Gasteiger partial charge >= 0.3 is 8.60 Å². The summed E-state index contributed by atoms with van der Waals surface area (Å²) in [6.45, 7) is 8.55. The second-order valence-electron chi connectivity index (χ2n) is 8.13. The molecule has 2 aromatic rings. The Morgan fingerprint density at radius 1 is 0.767 bits per heavy atom. The summed E-state index contributed by atoms with van der Waals surface area (Å²) < 4.78 is 24.2. The topological polar surface area (TPSA) is 36.9 Å². The number of hydrogen-bond donors (Lipinski definition) is 0. The highest BCUT2D eigenvalue weighted by Gasteiger charge is 2.28. The molecule has 0 aliphatic heterocycles. The third kappa shape index (κ3) is 6.14. The maximum absolute atomic E-state index is 6.44. The molecule has 2 aromatic carbocycles. The van der Waals surface area contributed by atoms with Gasteiger partial charge in [-0.15, -0.1) is 0 Å². The molecule has 1 aliphatic carbocycles. The molecule has 0 aromatic heterocycles. The number of para-hydroxylation sites is 2. The first kappa shape index (κ1) is 22.0. The standard InChI is InChI=1S/C25H29O4P/c1-19-16-22(26-5)18-23(25(2,3)4)24(17-19)29-30(27-20-12-8-6-9-13-20)28-21-14-10-7-11-15-21/h6-16,18H,17H2,1-5H3. The molecule has 0 saturated carbocycles. The van der Waals surface area contributed by atoms with Gasteiger partial charge in [0.15, 0.2) is 0 Å². The summed E-state index contributed by atoms with van der Waals surface area (Å²) in [6, 6.07) is 19.2. The van der Waals surface area contributed by atoms with Crippen LogP contribution in [0.1, 0.15) is 34.1 Å². The van der Waals surface area contributed by atoms with Gasteiger partial charge in [0.2, 0.25) is 0 Å². The van der Waals surface area contributed by atoms with E-state index in [2.05, 4.69) is 27.7 Å². The zero-order valence-corrected chi connectivity index (χ0v) is 19.1. The van der Waals surface area contributed by atoms with E-state index in [1.165, 1.54) is 0 Å². The molecule has 5 heteroatoms. The van der Waals surface area contributed by atoms with Crippen molar-refractivity contribution in [1.82, 2.24) is 0 Å². The molecule has 0 amide bonds. The van der Waals surface area contributed by atoms with E-state index in [-0.39, 0.29) is 5.41 Å². The zero-order valence-electron chi connectivity index (χ0n) is 18.2. The lowest BCUT2D eigenvalue weighted by molar-refractivity contribution is 0.303. The Morgan fingerprint density at radius 2 is 1.30 bits per heavy atom. The van der Waals surface area contributed by atoms with Gasteiger partial charge in [-0.2, -0.15) is 0 Å². The molecule has 1 aliphatic rings. The van der Waals surface area contributed by atoms with Gasteiger partial charge in [-0.25, -0.2) is 0 Å². The molecule has 0 fully saturated rings. The minimum Gasteiger partial charge on any atom is -0.497 e. The summed E-state index contributed by atoms with van der Waals surface area (Å²) in [7, 11) is -0.0283. The van der Waals surface area contributed by atoms with Crippen LogP contribution in [0.5, 0.6) is 11.5 Å². The van der Waals surface area contributed by atoms with Crippen LogP contribution < -0.4 is 9.05 Å². The van der Waals surface area contributed by atoms with Crippen molar-refractivity contribution in [2.75, 3.05) is 7.11 Å². The summed E-state index contributed by atoms with van der Waals surface area (Å²) >= 11 is 0. The maximum atomic E-state index is 6.44. The van der Waals surface area contributed by atoms with Crippen molar-refractivity contribution in [3.05, 3.63) is 95.5 Å². The number of ether oxygens (including phenoxy) is 1. The highest BCUT2D eigenvalue weighted by atomic mass is 31.2. The van der Waals surface area contributed by atoms with Gasteiger partial charge in [0, 0.05) is 6.42 Å². The van der Waals surface area contributed by atoms with E-state index in [1.807, 2.05) is 72.8 Å². The Bertz CT molecular complexity index is 883. The molecule has 0 radical (unpaired) electrons. The number of methoxy groups -OCH3 is 1. The van der Waals surface area contributed by atoms with E-state index >= 15 is 0 Å². The quantitative estimate of drug-likeness (QED) is 0.430. The van der Waals surface area contributed by atoms with E-state index in [4.69, 9.17) is 18.3 Å². The summed E-state index contributed by atoms with van der Waals surface area (Å²) in [5.74, 6) is 3.05. The number of hydrogen-bond acceptors (Lipinski definition) is 4. The predicted octanol–water partition coefficient (Wildman–Crippen LogP) is 7.57. The van der Waals surface area contributed by atoms with Crippen LogP contribution in [0.3, 0.4) is 0 Å². The molecule has 0 unspecified atom stereocenters. The highest BCUT2D eigenvalue weighted by Crippen LogP contribution is 2.47. The molecule has 0 N–H and O–H groups in total. The average molecular weight is 424 g/mol. The van der Waals surface area contributed by atoms with E-state index < -0.39 is 8.60 Å². The van der Waals surface area contributed by atoms with Crippen molar-refractivity contribution in [2.45, 2.75) is 34.1 Å². The van der Waals surface area contributed by atoms with Crippen LogP contribution in [-0.4, -0.2) is 7.11 Å². The molecule has 0 bridgehead atoms. The Hall–Kier alpha value is -2.71. The lowest BCUT2D eigenvalue weighted by atomic mass is 9.85. The van der Waals surface area contributed by atoms with Crippen LogP contribution in [0.25, 0.3) is 0 Å². The molecule has 4 nitrogen and oxygen atoms in total. The van der Waals surface area contributed by atoms with Crippen LogP contribution in [-0.2, 0) is 9.26 Å². The molecule has 3 rings (SSSR count). The largest absolute Gasteiger partial charge is 0.529 e. The maximum Gasteiger partial charge on any atom is 0.529 e. The third-order valence-corrected chi connectivity index (χ3v) is 5.58. The van der Waals surface area contributed by atoms with E-state index in [0.29, 0.717) is 17.9 Å². The fourth-order valence-corrected chi connectivity index (χ4v) is 4.06. The Morgan fingerprint density at radius 3 is 1.77 bits per heavy atom. The SMILES string of the molecule is COC1=CC(C(C)(C)C)=C(OP(Oc2ccccc2)Oc2ccccc2)CC(C)=C1. The fraction of sp³-hybridized carbons (Fsp3) is 0.280. The first-order chi connectivity index (χ1) is 14.3. The second-order valence-corrected chi connectivity index (χ2v) is 9.12. The second kappa shape index (κ2) is 9.86. The molecular formula is C25H29O4P. The van der Waals surface area contributed by atoms with Gasteiger partial charge < -0.3 is 18.3 Å². The predicted molar refractivity (Wildman–Crippen MR) is 122 cm³/mol. The molecule has 0 saturated heterocycles. The van der Waals surface area contributed by atoms with Crippen LogP contribution in [0, 0.1) is 5.41 Å². The normalized spacial score (nSPS) is 14.6. The van der Waals surface area contributed by atoms with Crippen LogP contribution in [0.4, 0.5) is 0 Å². The van der Waals surface area contributed by atoms with Crippen molar-refractivity contribution in [1.29, 1.82) is 0 Å². The van der Waals surface area contributed by atoms with Gasteiger partial charge in [-0.1, -0.05) is 62.7 Å². The van der Waals surface area contributed by atoms with Gasteiger partial charge in [-0.05, 0) is 54.3 Å². The molecule has 30 heavy (non-hydrogen) atoms. The Balaban J connectivity index is 1.96. The van der Waals surface area contributed by atoms with Crippen molar-refractivity contribution in [3.63, 3.8) is 0 Å². The third-order valence-electron chi connectivity index (χ3n) is 4.49. The Labute approximate surface area is 180 Å². The smallest absolute Gasteiger partial charge is 0.497 e. The minimum absolute atomic E-state index is 0.141. The monoisotopic (exact) mass is 424 g/mol. The molecule has 0 spiro atoms. The van der Waals surface area contributed by atoms with Gasteiger partial charge in [0.1, 0.15) is 23.0 Å². The summed E-state index contributed by atoms with van der Waals surface area (Å²) in [6.07, 6.45) is 4.75. The lowest BCUT2D eigenvalue weighted by Gasteiger charge is -2.26. The zero-order chi connectivity index (χ0) is 21.6. The Kier molecular flexibility index (Phi) is 7.23. The number of rotatable bonds is 7. The van der Waals surface area contributed by atoms with E-state index in [0.717, 1.165) is 22.7 Å². The van der Waals surface area contributed by atoms with Gasteiger partial charge in [0.25, 0.3) is 0 Å². The lowest BCUT2D eigenvalue weighted by Crippen LogP contribution is -2.13. The van der Waals surface area contributed by atoms with Crippen molar-refractivity contribution < 1.29 is 18.3 Å². The van der Waals surface area contributed by atoms with Crippen LogP contribution in [0.2, 0.25) is 0 Å². The fourth-order valence-electron chi connectivity index (χ4n) is 3.02.